The number of benzene rings is 1. The molecule has 1 aromatic carbocycles. The molecule has 3 aromatic rings. The molecule has 0 fully saturated rings. The van der Waals surface area contributed by atoms with Crippen molar-refractivity contribution < 1.29 is 9.90 Å². The molecule has 0 aliphatic heterocycles. The van der Waals surface area contributed by atoms with Gasteiger partial charge >= 0.3 is 5.97 Å². The number of carboxylic acid groups (broad SMARTS) is 1. The third kappa shape index (κ3) is 1.83. The maximum Gasteiger partial charge on any atom is 0.375 e. The number of fused-ring (bicyclic) bond motifs is 1. The molecule has 0 radical (unpaired) electrons. The van der Waals surface area contributed by atoms with Gasteiger partial charge in [-0.1, -0.05) is 18.2 Å². The first-order valence-corrected chi connectivity index (χ1v) is 5.67. The highest BCUT2D eigenvalue weighted by atomic mass is 16.4. The summed E-state index contributed by atoms with van der Waals surface area (Å²) in [5, 5.41) is 17.3. The number of para-hydroxylation sites is 1. The van der Waals surface area contributed by atoms with Crippen molar-refractivity contribution in [3.8, 4) is 11.4 Å². The maximum absolute atomic E-state index is 10.7. The third-order valence-electron chi connectivity index (χ3n) is 2.97. The van der Waals surface area contributed by atoms with E-state index in [0.717, 1.165) is 22.2 Å². The molecule has 2 aromatic heterocycles. The SMILES string of the molecule is Cc1c(-c2cnc(C(=O)O)nn2)[nH]c2ccccc12. The predicted octanol–water partition coefficient (Wildman–Crippen LogP) is 2.03. The van der Waals surface area contributed by atoms with Crippen molar-refractivity contribution in [2.24, 2.45) is 0 Å². The van der Waals surface area contributed by atoms with E-state index in [4.69, 9.17) is 5.11 Å². The summed E-state index contributed by atoms with van der Waals surface area (Å²) in [6.45, 7) is 1.97. The molecule has 6 heteroatoms. The average molecular weight is 254 g/mol. The summed E-state index contributed by atoms with van der Waals surface area (Å²) in [4.78, 5) is 17.7. The number of carbonyl (C=O) groups is 1. The summed E-state index contributed by atoms with van der Waals surface area (Å²) in [6, 6.07) is 7.89. The molecule has 19 heavy (non-hydrogen) atoms. The molecule has 2 N–H and O–H groups in total. The molecule has 0 aliphatic carbocycles. The van der Waals surface area contributed by atoms with Gasteiger partial charge < -0.3 is 10.1 Å². The van der Waals surface area contributed by atoms with E-state index in [-0.39, 0.29) is 5.82 Å². The Hall–Kier alpha value is -2.76. The fraction of sp³-hybridized carbons (Fsp3) is 0.0769. The number of nitrogens with one attached hydrogen (secondary N) is 1. The molecule has 6 nitrogen and oxygen atoms in total. The van der Waals surface area contributed by atoms with Crippen LogP contribution in [-0.2, 0) is 0 Å². The number of H-pyrrole nitrogens is 1. The fourth-order valence-corrected chi connectivity index (χ4v) is 2.03. The Bertz CT molecular complexity index is 762. The smallest absolute Gasteiger partial charge is 0.375 e. The van der Waals surface area contributed by atoms with Crippen LogP contribution >= 0.6 is 0 Å². The van der Waals surface area contributed by atoms with Gasteiger partial charge in [0.15, 0.2) is 0 Å². The van der Waals surface area contributed by atoms with Gasteiger partial charge in [0.05, 0.1) is 11.9 Å². The molecular weight excluding hydrogens is 244 g/mol. The second-order valence-electron chi connectivity index (χ2n) is 4.14. The van der Waals surface area contributed by atoms with Crippen LogP contribution in [0.4, 0.5) is 0 Å². The second kappa shape index (κ2) is 4.16. The van der Waals surface area contributed by atoms with Crippen LogP contribution in [0.15, 0.2) is 30.5 Å². The highest BCUT2D eigenvalue weighted by molar-refractivity contribution is 5.89. The van der Waals surface area contributed by atoms with Crippen molar-refractivity contribution in [1.82, 2.24) is 20.2 Å². The number of hydrogen-bond acceptors (Lipinski definition) is 4. The third-order valence-corrected chi connectivity index (χ3v) is 2.97. The lowest BCUT2D eigenvalue weighted by atomic mass is 10.1. The topological polar surface area (TPSA) is 91.8 Å². The van der Waals surface area contributed by atoms with Crippen molar-refractivity contribution in [1.29, 1.82) is 0 Å². The van der Waals surface area contributed by atoms with Gasteiger partial charge in [0, 0.05) is 10.9 Å². The zero-order valence-corrected chi connectivity index (χ0v) is 10.1. The molecule has 0 saturated heterocycles. The van der Waals surface area contributed by atoms with Crippen LogP contribution in [0.5, 0.6) is 0 Å². The number of hydrogen-bond donors (Lipinski definition) is 2. The van der Waals surface area contributed by atoms with E-state index in [1.54, 1.807) is 0 Å². The van der Waals surface area contributed by atoms with Crippen LogP contribution in [0, 0.1) is 6.92 Å². The van der Waals surface area contributed by atoms with Crippen molar-refractivity contribution in [3.63, 3.8) is 0 Å². The van der Waals surface area contributed by atoms with E-state index in [0.29, 0.717) is 5.69 Å². The molecule has 0 amide bonds. The monoisotopic (exact) mass is 254 g/mol. The van der Waals surface area contributed by atoms with E-state index >= 15 is 0 Å². The van der Waals surface area contributed by atoms with Gasteiger partial charge in [-0.15, -0.1) is 10.2 Å². The van der Waals surface area contributed by atoms with Gasteiger partial charge in [0.25, 0.3) is 5.82 Å². The van der Waals surface area contributed by atoms with Gasteiger partial charge in [0.2, 0.25) is 0 Å². The Kier molecular flexibility index (Phi) is 2.49. The average Bonchev–Trinajstić information content (AvgIpc) is 2.77. The Balaban J connectivity index is 2.13. The zero-order chi connectivity index (χ0) is 13.4. The number of aromatic carboxylic acids is 1. The van der Waals surface area contributed by atoms with Gasteiger partial charge in [-0.2, -0.15) is 0 Å². The van der Waals surface area contributed by atoms with Gasteiger partial charge in [0.1, 0.15) is 5.69 Å². The predicted molar refractivity (Wildman–Crippen MR) is 68.8 cm³/mol. The van der Waals surface area contributed by atoms with Crippen molar-refractivity contribution in [3.05, 3.63) is 41.9 Å². The number of aryl methyl sites for hydroxylation is 1. The summed E-state index contributed by atoms with van der Waals surface area (Å²) in [6.07, 6.45) is 1.41. The highest BCUT2D eigenvalue weighted by Crippen LogP contribution is 2.27. The molecule has 0 bridgehead atoms. The molecule has 0 atom stereocenters. The number of aromatic nitrogens is 4. The summed E-state index contributed by atoms with van der Waals surface area (Å²) >= 11 is 0. The number of aromatic amines is 1. The van der Waals surface area contributed by atoms with E-state index in [2.05, 4.69) is 20.2 Å². The highest BCUT2D eigenvalue weighted by Gasteiger charge is 2.13. The Morgan fingerprint density at radius 3 is 2.68 bits per heavy atom. The first-order chi connectivity index (χ1) is 9.16. The second-order valence-corrected chi connectivity index (χ2v) is 4.14. The van der Waals surface area contributed by atoms with Crippen LogP contribution in [0.3, 0.4) is 0 Å². The van der Waals surface area contributed by atoms with Crippen LogP contribution in [0.25, 0.3) is 22.3 Å². The Morgan fingerprint density at radius 2 is 2.05 bits per heavy atom. The lowest BCUT2D eigenvalue weighted by Crippen LogP contribution is -2.05. The fourth-order valence-electron chi connectivity index (χ4n) is 2.03. The molecule has 0 aliphatic rings. The molecular formula is C13H10N4O2. The molecule has 2 heterocycles. The zero-order valence-electron chi connectivity index (χ0n) is 10.1. The van der Waals surface area contributed by atoms with E-state index < -0.39 is 5.97 Å². The minimum absolute atomic E-state index is 0.308. The number of rotatable bonds is 2. The molecule has 3 rings (SSSR count). The lowest BCUT2D eigenvalue weighted by molar-refractivity contribution is 0.0682. The summed E-state index contributed by atoms with van der Waals surface area (Å²) in [5.41, 5.74) is 3.37. The molecule has 0 unspecified atom stereocenters. The van der Waals surface area contributed by atoms with Crippen molar-refractivity contribution >= 4 is 16.9 Å². The van der Waals surface area contributed by atoms with Crippen molar-refractivity contribution in [2.45, 2.75) is 6.92 Å². The van der Waals surface area contributed by atoms with E-state index in [1.807, 2.05) is 31.2 Å². The lowest BCUT2D eigenvalue weighted by Gasteiger charge is -1.98. The van der Waals surface area contributed by atoms with Crippen molar-refractivity contribution in [2.75, 3.05) is 0 Å². The van der Waals surface area contributed by atoms with E-state index in [9.17, 15) is 4.79 Å². The normalized spacial score (nSPS) is 10.8. The molecule has 0 spiro atoms. The summed E-state index contributed by atoms with van der Waals surface area (Å²) in [5.74, 6) is -1.50. The molecule has 94 valence electrons. The summed E-state index contributed by atoms with van der Waals surface area (Å²) in [7, 11) is 0. The standard InChI is InChI=1S/C13H10N4O2/c1-7-8-4-2-3-5-9(8)15-11(7)10-6-14-12(13(18)19)17-16-10/h2-6,15H,1H3,(H,18,19). The van der Waals surface area contributed by atoms with Crippen LogP contribution < -0.4 is 0 Å². The van der Waals surface area contributed by atoms with Gasteiger partial charge in [-0.3, -0.25) is 0 Å². The van der Waals surface area contributed by atoms with Gasteiger partial charge in [-0.05, 0) is 18.6 Å². The first-order valence-electron chi connectivity index (χ1n) is 5.67. The molecule has 0 saturated carbocycles. The Labute approximate surface area is 108 Å². The largest absolute Gasteiger partial charge is 0.475 e. The quantitative estimate of drug-likeness (QED) is 0.730. The number of nitrogens with zero attached hydrogens (tertiary/aromatic N) is 3. The maximum atomic E-state index is 10.7. The van der Waals surface area contributed by atoms with E-state index in [1.165, 1.54) is 6.20 Å². The van der Waals surface area contributed by atoms with Crippen LogP contribution in [0.1, 0.15) is 16.2 Å². The van der Waals surface area contributed by atoms with Crippen LogP contribution in [0.2, 0.25) is 0 Å². The first kappa shape index (κ1) is 11.3. The minimum Gasteiger partial charge on any atom is -0.475 e. The van der Waals surface area contributed by atoms with Crippen LogP contribution in [-0.4, -0.2) is 31.2 Å². The van der Waals surface area contributed by atoms with Gasteiger partial charge in [-0.25, -0.2) is 9.78 Å². The minimum atomic E-state index is -1.19. The summed E-state index contributed by atoms with van der Waals surface area (Å²) < 4.78 is 0. The number of carboxylic acids is 1. The Morgan fingerprint density at radius 1 is 1.26 bits per heavy atom.